The van der Waals surface area contributed by atoms with Crippen LogP contribution in [0.25, 0.3) is 0 Å². The van der Waals surface area contributed by atoms with Crippen LogP contribution in [0, 0.1) is 0 Å². The minimum Gasteiger partial charge on any atom is -0.490 e. The summed E-state index contributed by atoms with van der Waals surface area (Å²) in [4.78, 5) is 0. The third-order valence-corrected chi connectivity index (χ3v) is 4.09. The van der Waals surface area contributed by atoms with E-state index in [-0.39, 0.29) is 5.54 Å². The molecule has 3 rings (SSSR count). The maximum absolute atomic E-state index is 6.16. The van der Waals surface area contributed by atoms with Gasteiger partial charge >= 0.3 is 0 Å². The van der Waals surface area contributed by atoms with E-state index in [1.54, 1.807) is 0 Å². The molecule has 0 amide bonds. The van der Waals surface area contributed by atoms with Crippen LogP contribution in [0.1, 0.15) is 24.8 Å². The first kappa shape index (κ1) is 11.4. The molecular formula is C13H16BrNO2. The van der Waals surface area contributed by atoms with Crippen LogP contribution in [-0.2, 0) is 6.42 Å². The molecule has 1 heterocycles. The molecule has 0 bridgehead atoms. The summed E-state index contributed by atoms with van der Waals surface area (Å²) in [7, 11) is 0. The Bertz CT molecular complexity index is 443. The van der Waals surface area contributed by atoms with Gasteiger partial charge in [-0.15, -0.1) is 0 Å². The van der Waals surface area contributed by atoms with Gasteiger partial charge in [-0.1, -0.05) is 15.9 Å². The van der Waals surface area contributed by atoms with Gasteiger partial charge in [0, 0.05) is 16.4 Å². The van der Waals surface area contributed by atoms with Gasteiger partial charge in [0.1, 0.15) is 0 Å². The molecule has 3 nitrogen and oxygen atoms in total. The lowest BCUT2D eigenvalue weighted by Gasteiger charge is -2.14. The largest absolute Gasteiger partial charge is 0.490 e. The lowest BCUT2D eigenvalue weighted by molar-refractivity contribution is 0.297. The first-order valence-electron chi connectivity index (χ1n) is 6.03. The zero-order chi connectivity index (χ0) is 11.9. The summed E-state index contributed by atoms with van der Waals surface area (Å²) in [5.41, 5.74) is 7.39. The highest BCUT2D eigenvalue weighted by atomic mass is 79.9. The molecular weight excluding hydrogens is 282 g/mol. The maximum Gasteiger partial charge on any atom is 0.162 e. The molecule has 1 aromatic carbocycles. The van der Waals surface area contributed by atoms with Crippen molar-refractivity contribution in [2.24, 2.45) is 5.73 Å². The normalized spacial score (nSPS) is 20.8. The average Bonchev–Trinajstić information content (AvgIpc) is 3.04. The molecule has 0 aromatic heterocycles. The second-order valence-corrected chi connectivity index (χ2v) is 5.83. The van der Waals surface area contributed by atoms with Crippen molar-refractivity contribution in [3.63, 3.8) is 0 Å². The number of benzene rings is 1. The van der Waals surface area contributed by atoms with Crippen LogP contribution in [0.4, 0.5) is 0 Å². The lowest BCUT2D eigenvalue weighted by atomic mass is 10.0. The molecule has 0 unspecified atom stereocenters. The molecule has 1 fully saturated rings. The molecule has 0 radical (unpaired) electrons. The Morgan fingerprint density at radius 1 is 1.18 bits per heavy atom. The van der Waals surface area contributed by atoms with E-state index in [1.807, 2.05) is 6.07 Å². The first-order chi connectivity index (χ1) is 8.16. The molecule has 4 heteroatoms. The Kier molecular flexibility index (Phi) is 2.79. The van der Waals surface area contributed by atoms with Crippen LogP contribution in [0.5, 0.6) is 11.5 Å². The van der Waals surface area contributed by atoms with Crippen molar-refractivity contribution in [1.82, 2.24) is 0 Å². The van der Waals surface area contributed by atoms with Gasteiger partial charge in [-0.2, -0.15) is 0 Å². The highest BCUT2D eigenvalue weighted by molar-refractivity contribution is 9.10. The van der Waals surface area contributed by atoms with Crippen molar-refractivity contribution in [2.75, 3.05) is 13.2 Å². The van der Waals surface area contributed by atoms with Crippen molar-refractivity contribution in [3.05, 3.63) is 22.2 Å². The van der Waals surface area contributed by atoms with Crippen molar-refractivity contribution in [2.45, 2.75) is 31.2 Å². The van der Waals surface area contributed by atoms with Crippen molar-refractivity contribution >= 4 is 15.9 Å². The van der Waals surface area contributed by atoms with Crippen LogP contribution >= 0.6 is 15.9 Å². The van der Waals surface area contributed by atoms with E-state index in [2.05, 4.69) is 22.0 Å². The lowest BCUT2D eigenvalue weighted by Crippen LogP contribution is -2.24. The SMILES string of the molecule is NC1(Cc2cc3c(cc2Br)OCCCO3)CC1. The zero-order valence-electron chi connectivity index (χ0n) is 9.67. The summed E-state index contributed by atoms with van der Waals surface area (Å²) in [5, 5.41) is 0. The molecule has 92 valence electrons. The van der Waals surface area contributed by atoms with Crippen LogP contribution in [0.15, 0.2) is 16.6 Å². The number of ether oxygens (including phenoxy) is 2. The summed E-state index contributed by atoms with van der Waals surface area (Å²) in [6, 6.07) is 4.07. The van der Waals surface area contributed by atoms with E-state index in [0.717, 1.165) is 54.9 Å². The molecule has 0 spiro atoms. The molecule has 17 heavy (non-hydrogen) atoms. The van der Waals surface area contributed by atoms with Crippen molar-refractivity contribution in [3.8, 4) is 11.5 Å². The second kappa shape index (κ2) is 4.18. The first-order valence-corrected chi connectivity index (χ1v) is 6.83. The molecule has 2 N–H and O–H groups in total. The van der Waals surface area contributed by atoms with E-state index in [0.29, 0.717) is 0 Å². The quantitative estimate of drug-likeness (QED) is 0.913. The number of rotatable bonds is 2. The van der Waals surface area contributed by atoms with Gasteiger partial charge in [0.15, 0.2) is 11.5 Å². The van der Waals surface area contributed by atoms with Gasteiger partial charge in [-0.3, -0.25) is 0 Å². The van der Waals surface area contributed by atoms with E-state index >= 15 is 0 Å². The van der Waals surface area contributed by atoms with Gasteiger partial charge in [-0.05, 0) is 37.0 Å². The van der Waals surface area contributed by atoms with Gasteiger partial charge in [0.25, 0.3) is 0 Å². The van der Waals surface area contributed by atoms with Gasteiger partial charge < -0.3 is 15.2 Å². The predicted octanol–water partition coefficient (Wildman–Crippen LogP) is 2.64. The van der Waals surface area contributed by atoms with Crippen molar-refractivity contribution < 1.29 is 9.47 Å². The number of hydrogen-bond donors (Lipinski definition) is 1. The fourth-order valence-electron chi connectivity index (χ4n) is 2.08. The molecule has 1 aliphatic carbocycles. The predicted molar refractivity (Wildman–Crippen MR) is 69.6 cm³/mol. The third-order valence-electron chi connectivity index (χ3n) is 3.35. The molecule has 1 aliphatic heterocycles. The molecule has 0 saturated heterocycles. The van der Waals surface area contributed by atoms with Crippen molar-refractivity contribution in [1.29, 1.82) is 0 Å². The fourth-order valence-corrected chi connectivity index (χ4v) is 2.54. The zero-order valence-corrected chi connectivity index (χ0v) is 11.3. The standard InChI is InChI=1S/C13H16BrNO2/c14-10-7-12-11(16-4-1-5-17-12)6-9(10)8-13(15)2-3-13/h6-7H,1-5,8,15H2. The summed E-state index contributed by atoms with van der Waals surface area (Å²) in [6.45, 7) is 1.45. The van der Waals surface area contributed by atoms with Crippen LogP contribution in [0.2, 0.25) is 0 Å². The van der Waals surface area contributed by atoms with E-state index in [9.17, 15) is 0 Å². The summed E-state index contributed by atoms with van der Waals surface area (Å²) >= 11 is 3.59. The highest BCUT2D eigenvalue weighted by Crippen LogP contribution is 2.41. The monoisotopic (exact) mass is 297 g/mol. The Balaban J connectivity index is 1.91. The summed E-state index contributed by atoms with van der Waals surface area (Å²) < 4.78 is 12.4. The number of fused-ring (bicyclic) bond motifs is 1. The van der Waals surface area contributed by atoms with E-state index in [4.69, 9.17) is 15.2 Å². The molecule has 1 aromatic rings. The summed E-state index contributed by atoms with van der Waals surface area (Å²) in [6.07, 6.45) is 4.08. The van der Waals surface area contributed by atoms with Crippen LogP contribution < -0.4 is 15.2 Å². The second-order valence-electron chi connectivity index (χ2n) is 4.98. The van der Waals surface area contributed by atoms with Crippen LogP contribution in [-0.4, -0.2) is 18.8 Å². The molecule has 1 saturated carbocycles. The van der Waals surface area contributed by atoms with Gasteiger partial charge in [-0.25, -0.2) is 0 Å². The molecule has 0 atom stereocenters. The van der Waals surface area contributed by atoms with Gasteiger partial charge in [0.05, 0.1) is 13.2 Å². The van der Waals surface area contributed by atoms with E-state index in [1.165, 1.54) is 5.56 Å². The Morgan fingerprint density at radius 2 is 1.82 bits per heavy atom. The van der Waals surface area contributed by atoms with Crippen LogP contribution in [0.3, 0.4) is 0 Å². The smallest absolute Gasteiger partial charge is 0.162 e. The van der Waals surface area contributed by atoms with Gasteiger partial charge in [0.2, 0.25) is 0 Å². The Labute approximate surface area is 109 Å². The average molecular weight is 298 g/mol. The topological polar surface area (TPSA) is 44.5 Å². The number of nitrogens with two attached hydrogens (primary N) is 1. The fraction of sp³-hybridized carbons (Fsp3) is 0.538. The maximum atomic E-state index is 6.16. The molecule has 2 aliphatic rings. The minimum absolute atomic E-state index is 0.0162. The van der Waals surface area contributed by atoms with E-state index < -0.39 is 0 Å². The minimum atomic E-state index is 0.0162. The Hall–Kier alpha value is -0.740. The highest BCUT2D eigenvalue weighted by Gasteiger charge is 2.38. The summed E-state index contributed by atoms with van der Waals surface area (Å²) in [5.74, 6) is 1.69. The third kappa shape index (κ3) is 2.43. The number of halogens is 1. The number of hydrogen-bond acceptors (Lipinski definition) is 3. The Morgan fingerprint density at radius 3 is 2.47 bits per heavy atom.